The summed E-state index contributed by atoms with van der Waals surface area (Å²) in [6.45, 7) is 13.7. The molecule has 1 saturated carbocycles. The first-order valence-electron chi connectivity index (χ1n) is 12.2. The number of aliphatic hydroxyl groups is 1. The molecule has 33 heavy (non-hydrogen) atoms. The predicted molar refractivity (Wildman–Crippen MR) is 134 cm³/mol. The van der Waals surface area contributed by atoms with Crippen molar-refractivity contribution in [3.05, 3.63) is 34.2 Å². The zero-order valence-electron chi connectivity index (χ0n) is 21.0. The summed E-state index contributed by atoms with van der Waals surface area (Å²) in [5.74, 6) is 0.269. The standard InChI is InChI=1S/C26H39ClN4O2/c1-7-18-13-19(14-25(4,5)6)28-15-20(18)23-21(27)22(30-31(23)8-2)24(32)29-16-26(33)11-9-17(3)10-12-26/h13,15,17,33H,7-12,14,16H2,1-6H3,(H,29,32). The zero-order chi connectivity index (χ0) is 24.4. The van der Waals surface area contributed by atoms with Gasteiger partial charge in [-0.2, -0.15) is 5.10 Å². The maximum atomic E-state index is 13.0. The van der Waals surface area contributed by atoms with Gasteiger partial charge in [-0.15, -0.1) is 0 Å². The maximum absolute atomic E-state index is 13.0. The Hall–Kier alpha value is -1.92. The lowest BCUT2D eigenvalue weighted by atomic mass is 9.79. The third kappa shape index (κ3) is 6.15. The van der Waals surface area contributed by atoms with Crippen molar-refractivity contribution in [1.82, 2.24) is 20.1 Å². The minimum Gasteiger partial charge on any atom is -0.388 e. The fourth-order valence-electron chi connectivity index (χ4n) is 4.57. The molecule has 0 spiro atoms. The fraction of sp³-hybridized carbons (Fsp3) is 0.654. The highest BCUT2D eigenvalue weighted by atomic mass is 35.5. The van der Waals surface area contributed by atoms with Crippen LogP contribution in [-0.2, 0) is 19.4 Å². The van der Waals surface area contributed by atoms with E-state index >= 15 is 0 Å². The van der Waals surface area contributed by atoms with Gasteiger partial charge in [0.05, 0.1) is 16.3 Å². The van der Waals surface area contributed by atoms with Crippen LogP contribution < -0.4 is 5.32 Å². The number of hydrogen-bond acceptors (Lipinski definition) is 4. The number of pyridine rings is 1. The van der Waals surface area contributed by atoms with Gasteiger partial charge in [-0.05, 0) is 68.4 Å². The van der Waals surface area contributed by atoms with Gasteiger partial charge in [0.15, 0.2) is 5.69 Å². The van der Waals surface area contributed by atoms with E-state index in [9.17, 15) is 9.90 Å². The van der Waals surface area contributed by atoms with Gasteiger partial charge in [0, 0.05) is 30.5 Å². The van der Waals surface area contributed by atoms with E-state index < -0.39 is 5.60 Å². The van der Waals surface area contributed by atoms with E-state index in [1.165, 1.54) is 0 Å². The number of carbonyl (C=O) groups excluding carboxylic acids is 1. The van der Waals surface area contributed by atoms with Crippen LogP contribution in [0.15, 0.2) is 12.3 Å². The Balaban J connectivity index is 1.86. The molecule has 2 heterocycles. The van der Waals surface area contributed by atoms with E-state index in [4.69, 9.17) is 16.6 Å². The summed E-state index contributed by atoms with van der Waals surface area (Å²) < 4.78 is 1.77. The van der Waals surface area contributed by atoms with Crippen LogP contribution in [-0.4, -0.2) is 37.9 Å². The number of aromatic nitrogens is 3. The highest BCUT2D eigenvalue weighted by Crippen LogP contribution is 2.35. The van der Waals surface area contributed by atoms with Gasteiger partial charge in [0.1, 0.15) is 0 Å². The van der Waals surface area contributed by atoms with E-state index in [2.05, 4.69) is 51.1 Å². The van der Waals surface area contributed by atoms with Gasteiger partial charge in [0.25, 0.3) is 5.91 Å². The lowest BCUT2D eigenvalue weighted by Gasteiger charge is -2.34. The monoisotopic (exact) mass is 474 g/mol. The van der Waals surface area contributed by atoms with Gasteiger partial charge in [-0.25, -0.2) is 0 Å². The van der Waals surface area contributed by atoms with Gasteiger partial charge in [0.2, 0.25) is 0 Å². The van der Waals surface area contributed by atoms with E-state index in [1.807, 2.05) is 13.1 Å². The summed E-state index contributed by atoms with van der Waals surface area (Å²) in [5.41, 5.74) is 3.31. The first-order valence-corrected chi connectivity index (χ1v) is 12.6. The first kappa shape index (κ1) is 25.7. The molecule has 2 aromatic rings. The average Bonchev–Trinajstić information content (AvgIpc) is 3.09. The first-order chi connectivity index (χ1) is 15.5. The number of carbonyl (C=O) groups is 1. The van der Waals surface area contributed by atoms with Crippen LogP contribution in [0.4, 0.5) is 0 Å². The lowest BCUT2D eigenvalue weighted by Crippen LogP contribution is -2.45. The molecule has 0 aliphatic heterocycles. The van der Waals surface area contributed by atoms with Crippen LogP contribution in [0.3, 0.4) is 0 Å². The van der Waals surface area contributed by atoms with E-state index in [-0.39, 0.29) is 23.6 Å². The Morgan fingerprint density at radius 3 is 2.55 bits per heavy atom. The second-order valence-corrected chi connectivity index (χ2v) is 11.2. The van der Waals surface area contributed by atoms with Crippen molar-refractivity contribution in [2.75, 3.05) is 6.54 Å². The molecule has 1 aliphatic rings. The van der Waals surface area contributed by atoms with E-state index in [0.717, 1.165) is 48.2 Å². The zero-order valence-corrected chi connectivity index (χ0v) is 21.7. The summed E-state index contributed by atoms with van der Waals surface area (Å²) in [7, 11) is 0. The van der Waals surface area contributed by atoms with Crippen molar-refractivity contribution in [2.24, 2.45) is 11.3 Å². The molecule has 0 radical (unpaired) electrons. The third-order valence-electron chi connectivity index (χ3n) is 6.59. The number of nitrogens with one attached hydrogen (secondary N) is 1. The summed E-state index contributed by atoms with van der Waals surface area (Å²) in [6.07, 6.45) is 6.91. The number of rotatable bonds is 7. The van der Waals surface area contributed by atoms with Crippen molar-refractivity contribution in [3.63, 3.8) is 0 Å². The molecule has 6 nitrogen and oxygen atoms in total. The Bertz CT molecular complexity index is 985. The summed E-state index contributed by atoms with van der Waals surface area (Å²) in [6, 6.07) is 2.14. The second-order valence-electron chi connectivity index (χ2n) is 10.8. The van der Waals surface area contributed by atoms with Gasteiger partial charge in [-0.3, -0.25) is 14.5 Å². The second kappa shape index (κ2) is 10.1. The molecule has 0 saturated heterocycles. The van der Waals surface area contributed by atoms with Crippen LogP contribution in [0.5, 0.6) is 0 Å². The number of hydrogen-bond donors (Lipinski definition) is 2. The van der Waals surface area contributed by atoms with E-state index in [0.29, 0.717) is 30.3 Å². The number of halogens is 1. The van der Waals surface area contributed by atoms with Gasteiger partial charge < -0.3 is 10.4 Å². The van der Waals surface area contributed by atoms with Crippen LogP contribution in [0.1, 0.15) is 89.0 Å². The minimum absolute atomic E-state index is 0.147. The van der Waals surface area contributed by atoms with Gasteiger partial charge >= 0.3 is 0 Å². The third-order valence-corrected chi connectivity index (χ3v) is 6.94. The molecular weight excluding hydrogens is 436 g/mol. The Morgan fingerprint density at radius 2 is 1.97 bits per heavy atom. The molecule has 2 N–H and O–H groups in total. The van der Waals surface area contributed by atoms with Crippen molar-refractivity contribution < 1.29 is 9.90 Å². The van der Waals surface area contributed by atoms with Gasteiger partial charge in [-0.1, -0.05) is 46.2 Å². The Morgan fingerprint density at radius 1 is 1.30 bits per heavy atom. The summed E-state index contributed by atoms with van der Waals surface area (Å²) >= 11 is 6.75. The molecule has 182 valence electrons. The van der Waals surface area contributed by atoms with Crippen LogP contribution in [0, 0.1) is 11.3 Å². The van der Waals surface area contributed by atoms with Crippen molar-refractivity contribution in [2.45, 2.75) is 92.2 Å². The van der Waals surface area contributed by atoms with Crippen LogP contribution in [0.2, 0.25) is 5.02 Å². The fourth-order valence-corrected chi connectivity index (χ4v) is 4.89. The largest absolute Gasteiger partial charge is 0.388 e. The molecule has 0 aromatic carbocycles. The quantitative estimate of drug-likeness (QED) is 0.559. The number of nitrogens with zero attached hydrogens (tertiary/aromatic N) is 3. The molecule has 1 fully saturated rings. The van der Waals surface area contributed by atoms with Crippen LogP contribution in [0.25, 0.3) is 11.3 Å². The lowest BCUT2D eigenvalue weighted by molar-refractivity contribution is -0.00544. The molecule has 0 unspecified atom stereocenters. The average molecular weight is 475 g/mol. The molecule has 3 rings (SSSR count). The summed E-state index contributed by atoms with van der Waals surface area (Å²) in [5, 5.41) is 18.6. The van der Waals surface area contributed by atoms with Crippen LogP contribution >= 0.6 is 11.6 Å². The molecular formula is C26H39ClN4O2. The van der Waals surface area contributed by atoms with Crippen molar-refractivity contribution in [3.8, 4) is 11.3 Å². The minimum atomic E-state index is -0.854. The predicted octanol–water partition coefficient (Wildman–Crippen LogP) is 5.44. The van der Waals surface area contributed by atoms with Crippen molar-refractivity contribution in [1.29, 1.82) is 0 Å². The molecule has 1 amide bonds. The number of aryl methyl sites for hydroxylation is 2. The normalized spacial score (nSPS) is 21.3. The number of amides is 1. The SMILES string of the molecule is CCc1cc(CC(C)(C)C)ncc1-c1c(Cl)c(C(=O)NCC2(O)CCC(C)CC2)nn1CC. The highest BCUT2D eigenvalue weighted by Gasteiger charge is 2.33. The maximum Gasteiger partial charge on any atom is 0.273 e. The van der Waals surface area contributed by atoms with E-state index in [1.54, 1.807) is 4.68 Å². The molecule has 1 aliphatic carbocycles. The smallest absolute Gasteiger partial charge is 0.273 e. The Labute approximate surface area is 203 Å². The topological polar surface area (TPSA) is 80.0 Å². The molecule has 7 heteroatoms. The van der Waals surface area contributed by atoms with Crippen molar-refractivity contribution >= 4 is 17.5 Å². The Kier molecular flexibility index (Phi) is 7.90. The highest BCUT2D eigenvalue weighted by molar-refractivity contribution is 6.36. The molecule has 2 aromatic heterocycles. The molecule has 0 atom stereocenters. The summed E-state index contributed by atoms with van der Waals surface area (Å²) in [4.78, 5) is 17.7. The molecule has 0 bridgehead atoms.